The average molecular weight is 268 g/mol. The van der Waals surface area contributed by atoms with Gasteiger partial charge in [-0.25, -0.2) is 4.79 Å². The van der Waals surface area contributed by atoms with Crippen LogP contribution in [0.2, 0.25) is 0 Å². The fourth-order valence-corrected chi connectivity index (χ4v) is 4.26. The molecule has 5 nitrogen and oxygen atoms in total. The highest BCUT2D eigenvalue weighted by molar-refractivity contribution is 5.74. The van der Waals surface area contributed by atoms with E-state index >= 15 is 0 Å². The number of hydrogen-bond acceptors (Lipinski definition) is 3. The van der Waals surface area contributed by atoms with Crippen LogP contribution in [0, 0.1) is 23.7 Å². The number of carbonyl (C=O) groups is 1. The molecule has 2 bridgehead atoms. The van der Waals surface area contributed by atoms with Crippen molar-refractivity contribution in [2.45, 2.75) is 31.7 Å². The van der Waals surface area contributed by atoms with Crippen LogP contribution in [0.5, 0.6) is 0 Å². The summed E-state index contributed by atoms with van der Waals surface area (Å²) in [6.45, 7) is 1.65. The van der Waals surface area contributed by atoms with Crippen molar-refractivity contribution in [3.05, 3.63) is 0 Å². The number of aliphatic hydroxyl groups excluding tert-OH is 1. The maximum atomic E-state index is 11.7. The van der Waals surface area contributed by atoms with Gasteiger partial charge in [-0.3, -0.25) is 0 Å². The Kier molecular flexibility index (Phi) is 3.93. The summed E-state index contributed by atoms with van der Waals surface area (Å²) >= 11 is 0. The first kappa shape index (κ1) is 13.2. The van der Waals surface area contributed by atoms with Crippen LogP contribution in [-0.2, 0) is 4.74 Å². The third-order valence-corrected chi connectivity index (χ3v) is 5.02. The molecule has 108 valence electrons. The van der Waals surface area contributed by atoms with E-state index in [1.54, 1.807) is 0 Å². The molecule has 5 heteroatoms. The van der Waals surface area contributed by atoms with Gasteiger partial charge in [0.2, 0.25) is 0 Å². The maximum absolute atomic E-state index is 11.7. The van der Waals surface area contributed by atoms with Gasteiger partial charge in [-0.1, -0.05) is 0 Å². The number of hydrogen-bond donors (Lipinski definition) is 3. The predicted molar refractivity (Wildman–Crippen MR) is 70.7 cm³/mol. The average Bonchev–Trinajstić information content (AvgIpc) is 2.82. The summed E-state index contributed by atoms with van der Waals surface area (Å²) in [6, 6.07) is 0.429. The van der Waals surface area contributed by atoms with Crippen molar-refractivity contribution in [2.24, 2.45) is 23.7 Å². The van der Waals surface area contributed by atoms with Crippen LogP contribution >= 0.6 is 0 Å². The minimum Gasteiger partial charge on any atom is -0.394 e. The summed E-state index contributed by atoms with van der Waals surface area (Å²) in [5, 5.41) is 14.5. The molecule has 2 amide bonds. The number of fused-ring (bicyclic) bond motifs is 5. The fraction of sp³-hybridized carbons (Fsp3) is 0.929. The normalized spacial score (nSPS) is 38.1. The molecule has 3 aliphatic rings. The van der Waals surface area contributed by atoms with Crippen LogP contribution in [0.1, 0.15) is 25.7 Å². The highest BCUT2D eigenvalue weighted by Gasteiger charge is 2.65. The quantitative estimate of drug-likeness (QED) is 0.596. The Morgan fingerprint density at radius 2 is 1.95 bits per heavy atom. The monoisotopic (exact) mass is 268 g/mol. The van der Waals surface area contributed by atoms with Gasteiger partial charge in [0.05, 0.1) is 13.2 Å². The van der Waals surface area contributed by atoms with E-state index in [0.717, 1.165) is 30.1 Å². The molecule has 19 heavy (non-hydrogen) atoms. The lowest BCUT2D eigenvalue weighted by Crippen LogP contribution is -2.39. The van der Waals surface area contributed by atoms with E-state index in [1.165, 1.54) is 19.3 Å². The van der Waals surface area contributed by atoms with Gasteiger partial charge in [0.25, 0.3) is 0 Å². The van der Waals surface area contributed by atoms with E-state index in [2.05, 4.69) is 10.6 Å². The van der Waals surface area contributed by atoms with E-state index in [0.29, 0.717) is 25.8 Å². The first-order valence-corrected chi connectivity index (χ1v) is 7.54. The summed E-state index contributed by atoms with van der Waals surface area (Å²) in [6.07, 6.45) is 4.97. The van der Waals surface area contributed by atoms with Crippen molar-refractivity contribution in [1.82, 2.24) is 10.6 Å². The van der Waals surface area contributed by atoms with E-state index < -0.39 is 0 Å². The Hall–Kier alpha value is -0.810. The molecule has 3 saturated carbocycles. The molecule has 0 radical (unpaired) electrons. The maximum Gasteiger partial charge on any atom is 0.315 e. The molecule has 0 heterocycles. The van der Waals surface area contributed by atoms with Gasteiger partial charge < -0.3 is 20.5 Å². The van der Waals surface area contributed by atoms with Gasteiger partial charge in [0.1, 0.15) is 0 Å². The van der Waals surface area contributed by atoms with Crippen LogP contribution in [0.15, 0.2) is 0 Å². The number of nitrogens with one attached hydrogen (secondary N) is 2. The lowest BCUT2D eigenvalue weighted by Gasteiger charge is -2.11. The number of urea groups is 1. The number of rotatable bonds is 7. The minimum atomic E-state index is -0.0269. The molecule has 0 aromatic carbocycles. The van der Waals surface area contributed by atoms with Crippen molar-refractivity contribution >= 4 is 6.03 Å². The Balaban J connectivity index is 1.27. The van der Waals surface area contributed by atoms with Crippen LogP contribution in [0.3, 0.4) is 0 Å². The van der Waals surface area contributed by atoms with Crippen LogP contribution in [0.25, 0.3) is 0 Å². The van der Waals surface area contributed by atoms with E-state index in [9.17, 15) is 4.79 Å². The molecule has 4 atom stereocenters. The zero-order valence-corrected chi connectivity index (χ0v) is 11.3. The van der Waals surface area contributed by atoms with Crippen LogP contribution in [0.4, 0.5) is 4.79 Å². The summed E-state index contributed by atoms with van der Waals surface area (Å²) in [4.78, 5) is 11.7. The van der Waals surface area contributed by atoms with Gasteiger partial charge in [-0.05, 0) is 49.4 Å². The van der Waals surface area contributed by atoms with Gasteiger partial charge in [-0.15, -0.1) is 0 Å². The van der Waals surface area contributed by atoms with Crippen molar-refractivity contribution in [3.63, 3.8) is 0 Å². The van der Waals surface area contributed by atoms with Crippen molar-refractivity contribution in [2.75, 3.05) is 26.4 Å². The molecule has 0 aliphatic heterocycles. The van der Waals surface area contributed by atoms with Gasteiger partial charge in [0, 0.05) is 19.2 Å². The zero-order chi connectivity index (χ0) is 13.2. The Morgan fingerprint density at radius 3 is 2.63 bits per heavy atom. The molecule has 3 N–H and O–H groups in total. The molecule has 3 rings (SSSR count). The molecule has 0 saturated heterocycles. The zero-order valence-electron chi connectivity index (χ0n) is 11.3. The van der Waals surface area contributed by atoms with E-state index in [-0.39, 0.29) is 12.6 Å². The van der Waals surface area contributed by atoms with Crippen molar-refractivity contribution in [3.8, 4) is 0 Å². The first-order chi connectivity index (χ1) is 9.31. The highest BCUT2D eigenvalue weighted by Crippen LogP contribution is 2.65. The minimum absolute atomic E-state index is 0.0269. The first-order valence-electron chi connectivity index (χ1n) is 7.54. The Bertz CT molecular complexity index is 321. The second-order valence-electron chi connectivity index (χ2n) is 6.10. The number of carbonyl (C=O) groups excluding carboxylic acids is 1. The Morgan fingerprint density at radius 1 is 1.21 bits per heavy atom. The second kappa shape index (κ2) is 5.67. The summed E-state index contributed by atoms with van der Waals surface area (Å²) < 4.78 is 5.13. The molecule has 0 aromatic rings. The molecule has 0 aromatic heterocycles. The van der Waals surface area contributed by atoms with Crippen LogP contribution in [-0.4, -0.2) is 43.5 Å². The fourth-order valence-electron chi connectivity index (χ4n) is 4.26. The third-order valence-electron chi connectivity index (χ3n) is 5.02. The highest BCUT2D eigenvalue weighted by atomic mass is 16.5. The largest absolute Gasteiger partial charge is 0.394 e. The van der Waals surface area contributed by atoms with Crippen molar-refractivity contribution < 1.29 is 14.6 Å². The molecule has 3 fully saturated rings. The second-order valence-corrected chi connectivity index (χ2v) is 6.10. The predicted octanol–water partition coefficient (Wildman–Crippen LogP) is 0.729. The number of amides is 2. The van der Waals surface area contributed by atoms with Crippen molar-refractivity contribution in [1.29, 1.82) is 0 Å². The standard InChI is InChI=1S/C14H24N2O3/c17-5-7-19-6-1-4-15-14(18)16-13-11-9-2-3-10(8-9)12(11)13/h9-13,17H,1-8H2,(H2,15,16,18). The lowest BCUT2D eigenvalue weighted by atomic mass is 10.0. The van der Waals surface area contributed by atoms with Gasteiger partial charge in [-0.2, -0.15) is 0 Å². The van der Waals surface area contributed by atoms with Crippen LogP contribution < -0.4 is 10.6 Å². The number of aliphatic hydroxyl groups is 1. The number of ether oxygens (including phenoxy) is 1. The van der Waals surface area contributed by atoms with E-state index in [1.807, 2.05) is 0 Å². The SMILES string of the molecule is O=C(NCCCOCCO)NC1C2C3CCC(C3)C12. The molecular weight excluding hydrogens is 244 g/mol. The van der Waals surface area contributed by atoms with Gasteiger partial charge in [0.15, 0.2) is 0 Å². The molecule has 0 spiro atoms. The topological polar surface area (TPSA) is 70.6 Å². The molecule has 4 unspecified atom stereocenters. The summed E-state index contributed by atoms with van der Waals surface area (Å²) in [5.74, 6) is 3.37. The molecular formula is C14H24N2O3. The summed E-state index contributed by atoms with van der Waals surface area (Å²) in [5.41, 5.74) is 0. The third kappa shape index (κ3) is 2.72. The van der Waals surface area contributed by atoms with E-state index in [4.69, 9.17) is 9.84 Å². The van der Waals surface area contributed by atoms with Gasteiger partial charge >= 0.3 is 6.03 Å². The Labute approximate surface area is 114 Å². The molecule has 3 aliphatic carbocycles. The lowest BCUT2D eigenvalue weighted by molar-refractivity contribution is 0.0909. The summed E-state index contributed by atoms with van der Waals surface area (Å²) in [7, 11) is 0. The smallest absolute Gasteiger partial charge is 0.315 e.